The molecule has 0 aliphatic carbocycles. The van der Waals surface area contributed by atoms with Crippen LogP contribution in [0, 0.1) is 0 Å². The van der Waals surface area contributed by atoms with E-state index in [2.05, 4.69) is 5.32 Å². The van der Waals surface area contributed by atoms with Crippen molar-refractivity contribution in [2.24, 2.45) is 0 Å². The number of thioether (sulfide) groups is 2. The molecule has 1 aromatic carbocycles. The quantitative estimate of drug-likeness (QED) is 0.852. The van der Waals surface area contributed by atoms with E-state index in [9.17, 15) is 4.79 Å². The van der Waals surface area contributed by atoms with Gasteiger partial charge in [0.25, 0.3) is 5.91 Å². The van der Waals surface area contributed by atoms with Gasteiger partial charge in [0.1, 0.15) is 0 Å². The van der Waals surface area contributed by atoms with Crippen LogP contribution in [0.2, 0.25) is 0 Å². The summed E-state index contributed by atoms with van der Waals surface area (Å²) in [6.07, 6.45) is 0. The van der Waals surface area contributed by atoms with Gasteiger partial charge in [-0.25, -0.2) is 0 Å². The molecule has 3 rings (SSSR count). The van der Waals surface area contributed by atoms with E-state index in [4.69, 9.17) is 5.73 Å². The lowest BCUT2D eigenvalue weighted by Crippen LogP contribution is -2.33. The molecule has 0 spiro atoms. The van der Waals surface area contributed by atoms with Crippen LogP contribution in [-0.4, -0.2) is 35.0 Å². The first-order valence-corrected chi connectivity index (χ1v) is 9.51. The highest BCUT2D eigenvalue weighted by atomic mass is 32.2. The van der Waals surface area contributed by atoms with E-state index >= 15 is 0 Å². The number of fused-ring (bicyclic) bond motifs is 1. The maximum atomic E-state index is 12.2. The number of rotatable bonds is 3. The molecule has 1 aliphatic heterocycles. The van der Waals surface area contributed by atoms with Crippen LogP contribution in [0.15, 0.2) is 24.3 Å². The summed E-state index contributed by atoms with van der Waals surface area (Å²) >= 11 is 5.45. The summed E-state index contributed by atoms with van der Waals surface area (Å²) in [5.74, 6) is 3.58. The lowest BCUT2D eigenvalue weighted by molar-refractivity contribution is 0.0958. The van der Waals surface area contributed by atoms with Crippen molar-refractivity contribution in [3.05, 3.63) is 29.1 Å². The molecule has 2 heterocycles. The average Bonchev–Trinajstić information content (AvgIpc) is 2.89. The Balaban J connectivity index is 1.65. The van der Waals surface area contributed by atoms with Crippen molar-refractivity contribution in [2.75, 3.05) is 29.5 Å². The molecule has 0 bridgehead atoms. The number of carbonyl (C=O) groups excluding carboxylic acids is 1. The summed E-state index contributed by atoms with van der Waals surface area (Å²) in [6, 6.07) is 7.68. The van der Waals surface area contributed by atoms with Gasteiger partial charge in [-0.1, -0.05) is 0 Å². The molecular weight excluding hydrogens is 308 g/mol. The zero-order valence-electron chi connectivity index (χ0n) is 10.9. The Morgan fingerprint density at radius 3 is 3.05 bits per heavy atom. The van der Waals surface area contributed by atoms with Gasteiger partial charge in [0.2, 0.25) is 0 Å². The van der Waals surface area contributed by atoms with E-state index in [0.29, 0.717) is 5.25 Å². The van der Waals surface area contributed by atoms with Gasteiger partial charge in [0.15, 0.2) is 0 Å². The minimum absolute atomic E-state index is 0.0287. The largest absolute Gasteiger partial charge is 0.399 e. The number of carbonyl (C=O) groups is 1. The highest BCUT2D eigenvalue weighted by Crippen LogP contribution is 2.27. The van der Waals surface area contributed by atoms with Gasteiger partial charge in [-0.15, -0.1) is 11.3 Å². The number of anilines is 1. The minimum atomic E-state index is 0.0287. The second-order valence-electron chi connectivity index (χ2n) is 4.69. The van der Waals surface area contributed by atoms with E-state index in [1.165, 1.54) is 22.8 Å². The fraction of sp³-hybridized carbons (Fsp3) is 0.357. The number of thiophene rings is 1. The molecule has 1 aliphatic rings. The number of hydrogen-bond donors (Lipinski definition) is 2. The second kappa shape index (κ2) is 6.28. The van der Waals surface area contributed by atoms with E-state index in [-0.39, 0.29) is 5.91 Å². The highest BCUT2D eigenvalue weighted by molar-refractivity contribution is 8.06. The molecule has 3 nitrogen and oxygen atoms in total. The van der Waals surface area contributed by atoms with Crippen LogP contribution >= 0.6 is 34.9 Å². The lowest BCUT2D eigenvalue weighted by atomic mass is 10.2. The molecular formula is C14H16N2OS3. The van der Waals surface area contributed by atoms with Crippen LogP contribution in [0.4, 0.5) is 5.69 Å². The van der Waals surface area contributed by atoms with Crippen molar-refractivity contribution in [1.82, 2.24) is 5.32 Å². The Bertz CT molecular complexity index is 620. The van der Waals surface area contributed by atoms with Crippen LogP contribution in [0.25, 0.3) is 10.1 Å². The molecule has 6 heteroatoms. The maximum Gasteiger partial charge on any atom is 0.261 e. The lowest BCUT2D eigenvalue weighted by Gasteiger charge is -2.20. The van der Waals surface area contributed by atoms with Gasteiger partial charge in [-0.3, -0.25) is 4.79 Å². The number of benzene rings is 1. The Morgan fingerprint density at radius 2 is 2.25 bits per heavy atom. The fourth-order valence-electron chi connectivity index (χ4n) is 2.12. The third-order valence-electron chi connectivity index (χ3n) is 3.14. The number of nitrogens with two attached hydrogens (primary N) is 1. The minimum Gasteiger partial charge on any atom is -0.399 e. The zero-order valence-corrected chi connectivity index (χ0v) is 13.4. The Hall–Kier alpha value is -0.850. The predicted octanol–water partition coefficient (Wildman–Crippen LogP) is 3.06. The standard InChI is InChI=1S/C14H16N2OS3/c15-10-1-2-12-9(5-10)6-13(20-12)14(17)16-7-11-8-18-3-4-19-11/h1-2,5-6,11H,3-4,7-8,15H2,(H,16,17). The molecule has 0 radical (unpaired) electrons. The van der Waals surface area contributed by atoms with Crippen LogP contribution < -0.4 is 11.1 Å². The summed E-state index contributed by atoms with van der Waals surface area (Å²) < 4.78 is 1.10. The third-order valence-corrected chi connectivity index (χ3v) is 7.10. The topological polar surface area (TPSA) is 55.1 Å². The summed E-state index contributed by atoms with van der Waals surface area (Å²) in [4.78, 5) is 13.0. The monoisotopic (exact) mass is 324 g/mol. The van der Waals surface area contributed by atoms with Gasteiger partial charge in [0, 0.05) is 39.4 Å². The molecule has 1 fully saturated rings. The first kappa shape index (κ1) is 14.1. The average molecular weight is 324 g/mol. The summed E-state index contributed by atoms with van der Waals surface area (Å²) in [5.41, 5.74) is 6.50. The first-order valence-electron chi connectivity index (χ1n) is 6.49. The Morgan fingerprint density at radius 1 is 1.35 bits per heavy atom. The summed E-state index contributed by atoms with van der Waals surface area (Å²) in [5, 5.41) is 4.64. The van der Waals surface area contributed by atoms with Crippen LogP contribution in [0.5, 0.6) is 0 Å². The number of nitrogen functional groups attached to an aromatic ring is 1. The van der Waals surface area contributed by atoms with Crippen molar-refractivity contribution < 1.29 is 4.79 Å². The van der Waals surface area contributed by atoms with Gasteiger partial charge >= 0.3 is 0 Å². The van der Waals surface area contributed by atoms with Crippen LogP contribution in [0.3, 0.4) is 0 Å². The molecule has 1 aromatic heterocycles. The Kier molecular flexibility index (Phi) is 4.43. The van der Waals surface area contributed by atoms with E-state index in [1.807, 2.05) is 47.8 Å². The van der Waals surface area contributed by atoms with E-state index in [0.717, 1.165) is 32.9 Å². The molecule has 0 saturated carbocycles. The molecule has 106 valence electrons. The van der Waals surface area contributed by atoms with Gasteiger partial charge in [0.05, 0.1) is 4.88 Å². The van der Waals surface area contributed by atoms with E-state index in [1.54, 1.807) is 0 Å². The highest BCUT2D eigenvalue weighted by Gasteiger charge is 2.16. The predicted molar refractivity (Wildman–Crippen MR) is 92.1 cm³/mol. The Labute approximate surface area is 130 Å². The van der Waals surface area contributed by atoms with Gasteiger partial charge in [-0.2, -0.15) is 23.5 Å². The molecule has 1 unspecified atom stereocenters. The normalized spacial score (nSPS) is 19.1. The molecule has 1 amide bonds. The maximum absolute atomic E-state index is 12.2. The van der Waals surface area contributed by atoms with Crippen LogP contribution in [0.1, 0.15) is 9.67 Å². The zero-order chi connectivity index (χ0) is 13.9. The molecule has 1 saturated heterocycles. The third kappa shape index (κ3) is 3.24. The molecule has 20 heavy (non-hydrogen) atoms. The summed E-state index contributed by atoms with van der Waals surface area (Å²) in [7, 11) is 0. The number of amides is 1. The van der Waals surface area contributed by atoms with E-state index < -0.39 is 0 Å². The van der Waals surface area contributed by atoms with Gasteiger partial charge in [-0.05, 0) is 29.7 Å². The van der Waals surface area contributed by atoms with Crippen molar-refractivity contribution >= 4 is 56.5 Å². The molecule has 3 N–H and O–H groups in total. The second-order valence-corrected chi connectivity index (χ2v) is 8.33. The van der Waals surface area contributed by atoms with Crippen molar-refractivity contribution in [3.63, 3.8) is 0 Å². The van der Waals surface area contributed by atoms with Crippen LogP contribution in [-0.2, 0) is 0 Å². The molecule has 2 aromatic rings. The van der Waals surface area contributed by atoms with Crippen molar-refractivity contribution in [3.8, 4) is 0 Å². The van der Waals surface area contributed by atoms with Crippen molar-refractivity contribution in [1.29, 1.82) is 0 Å². The number of hydrogen-bond acceptors (Lipinski definition) is 5. The number of nitrogens with one attached hydrogen (secondary N) is 1. The fourth-order valence-corrected chi connectivity index (χ4v) is 5.69. The van der Waals surface area contributed by atoms with Crippen molar-refractivity contribution in [2.45, 2.75) is 5.25 Å². The smallest absolute Gasteiger partial charge is 0.261 e. The molecule has 1 atom stereocenters. The SMILES string of the molecule is Nc1ccc2sc(C(=O)NCC3CSCCS3)cc2c1. The van der Waals surface area contributed by atoms with Gasteiger partial charge < -0.3 is 11.1 Å². The summed E-state index contributed by atoms with van der Waals surface area (Å²) in [6.45, 7) is 0.757. The first-order chi connectivity index (χ1) is 9.72.